The minimum Gasteiger partial charge on any atom is -0.336 e. The molecule has 1 fully saturated rings. The second kappa shape index (κ2) is 6.02. The van der Waals surface area contributed by atoms with Gasteiger partial charge in [-0.25, -0.2) is 18.1 Å². The summed E-state index contributed by atoms with van der Waals surface area (Å²) >= 11 is 0. The Labute approximate surface area is 114 Å². The maximum absolute atomic E-state index is 12.1. The van der Waals surface area contributed by atoms with Crippen LogP contribution >= 0.6 is 0 Å². The van der Waals surface area contributed by atoms with Gasteiger partial charge in [-0.2, -0.15) is 0 Å². The van der Waals surface area contributed by atoms with Crippen LogP contribution in [0.4, 0.5) is 0 Å². The monoisotopic (exact) mass is 286 g/mol. The predicted octanol–water partition coefficient (Wildman–Crippen LogP) is 0.569. The van der Waals surface area contributed by atoms with Crippen LogP contribution in [0.1, 0.15) is 26.7 Å². The standard InChI is InChI=1S/C12H22N4O2S/c1-3-16-8-12(14-9-16)19(17,18)15-7-11-10(2)5-4-6-13-11/h8-11,13,15H,3-7H2,1-2H3. The molecule has 0 spiro atoms. The normalized spacial score (nSPS) is 24.5. The van der Waals surface area contributed by atoms with Crippen LogP contribution in [0, 0.1) is 5.92 Å². The van der Waals surface area contributed by atoms with Crippen LogP contribution < -0.4 is 10.0 Å². The number of hydrogen-bond acceptors (Lipinski definition) is 4. The molecule has 7 heteroatoms. The van der Waals surface area contributed by atoms with Gasteiger partial charge in [0, 0.05) is 25.3 Å². The lowest BCUT2D eigenvalue weighted by atomic mass is 9.93. The summed E-state index contributed by atoms with van der Waals surface area (Å²) in [4.78, 5) is 3.93. The molecule has 1 aliphatic heterocycles. The number of nitrogens with zero attached hydrogens (tertiary/aromatic N) is 2. The summed E-state index contributed by atoms with van der Waals surface area (Å²) in [6.45, 7) is 6.18. The van der Waals surface area contributed by atoms with E-state index in [0.29, 0.717) is 19.0 Å². The lowest BCUT2D eigenvalue weighted by Gasteiger charge is -2.29. The van der Waals surface area contributed by atoms with Crippen molar-refractivity contribution in [2.75, 3.05) is 13.1 Å². The Kier molecular flexibility index (Phi) is 4.59. The molecule has 1 aromatic heterocycles. The van der Waals surface area contributed by atoms with Crippen molar-refractivity contribution in [3.63, 3.8) is 0 Å². The first kappa shape index (κ1) is 14.5. The van der Waals surface area contributed by atoms with Gasteiger partial charge in [0.05, 0.1) is 6.33 Å². The summed E-state index contributed by atoms with van der Waals surface area (Å²) in [6.07, 6.45) is 5.39. The van der Waals surface area contributed by atoms with E-state index in [-0.39, 0.29) is 11.1 Å². The van der Waals surface area contributed by atoms with Crippen LogP contribution in [-0.4, -0.2) is 37.1 Å². The first-order valence-electron chi connectivity index (χ1n) is 6.77. The summed E-state index contributed by atoms with van der Waals surface area (Å²) in [6, 6.07) is 0.205. The van der Waals surface area contributed by atoms with E-state index in [2.05, 4.69) is 21.9 Å². The van der Waals surface area contributed by atoms with Crippen LogP contribution in [0.25, 0.3) is 0 Å². The highest BCUT2D eigenvalue weighted by molar-refractivity contribution is 7.89. The Bertz CT molecular complexity index is 512. The quantitative estimate of drug-likeness (QED) is 0.830. The fourth-order valence-corrected chi connectivity index (χ4v) is 3.32. The number of nitrogens with one attached hydrogen (secondary N) is 2. The highest BCUT2D eigenvalue weighted by Crippen LogP contribution is 2.15. The average Bonchev–Trinajstić information content (AvgIpc) is 2.87. The number of piperidine rings is 1. The molecular weight excluding hydrogens is 264 g/mol. The van der Waals surface area contributed by atoms with Gasteiger partial charge in [-0.3, -0.25) is 0 Å². The van der Waals surface area contributed by atoms with Gasteiger partial charge in [0.2, 0.25) is 0 Å². The van der Waals surface area contributed by atoms with Gasteiger partial charge in [-0.1, -0.05) is 6.92 Å². The van der Waals surface area contributed by atoms with Crippen molar-refractivity contribution in [1.82, 2.24) is 19.6 Å². The largest absolute Gasteiger partial charge is 0.336 e. The van der Waals surface area contributed by atoms with E-state index in [4.69, 9.17) is 0 Å². The third-order valence-corrected chi connectivity index (χ3v) is 4.98. The molecule has 0 radical (unpaired) electrons. The second-order valence-electron chi connectivity index (χ2n) is 5.07. The van der Waals surface area contributed by atoms with E-state index >= 15 is 0 Å². The van der Waals surface area contributed by atoms with Crippen molar-refractivity contribution in [2.24, 2.45) is 5.92 Å². The maximum atomic E-state index is 12.1. The lowest BCUT2D eigenvalue weighted by Crippen LogP contribution is -2.47. The van der Waals surface area contributed by atoms with Gasteiger partial charge in [0.15, 0.2) is 5.03 Å². The molecule has 2 rings (SSSR count). The molecule has 0 aliphatic carbocycles. The predicted molar refractivity (Wildman–Crippen MR) is 73.3 cm³/mol. The van der Waals surface area contributed by atoms with Gasteiger partial charge in [-0.15, -0.1) is 0 Å². The Balaban J connectivity index is 1.97. The third kappa shape index (κ3) is 3.55. The van der Waals surface area contributed by atoms with Crippen LogP contribution in [0.5, 0.6) is 0 Å². The molecule has 108 valence electrons. The van der Waals surface area contributed by atoms with Crippen LogP contribution in [0.15, 0.2) is 17.6 Å². The second-order valence-corrected chi connectivity index (χ2v) is 6.79. The zero-order valence-corrected chi connectivity index (χ0v) is 12.3. The van der Waals surface area contributed by atoms with E-state index < -0.39 is 10.0 Å². The zero-order valence-electron chi connectivity index (χ0n) is 11.5. The molecule has 2 heterocycles. The van der Waals surface area contributed by atoms with E-state index in [0.717, 1.165) is 19.4 Å². The molecule has 2 atom stereocenters. The number of hydrogen-bond donors (Lipinski definition) is 2. The van der Waals surface area contributed by atoms with Crippen molar-refractivity contribution in [3.05, 3.63) is 12.5 Å². The van der Waals surface area contributed by atoms with Crippen molar-refractivity contribution in [1.29, 1.82) is 0 Å². The van der Waals surface area contributed by atoms with E-state index in [1.807, 2.05) is 6.92 Å². The number of aryl methyl sites for hydroxylation is 1. The minimum absolute atomic E-state index is 0.0952. The maximum Gasteiger partial charge on any atom is 0.259 e. The van der Waals surface area contributed by atoms with Crippen LogP contribution in [0.3, 0.4) is 0 Å². The molecule has 2 unspecified atom stereocenters. The topological polar surface area (TPSA) is 76.0 Å². The SMILES string of the molecule is CCn1cnc(S(=O)(=O)NCC2NCCCC2C)c1. The highest BCUT2D eigenvalue weighted by atomic mass is 32.2. The molecule has 19 heavy (non-hydrogen) atoms. The number of sulfonamides is 1. The number of aromatic nitrogens is 2. The van der Waals surface area contributed by atoms with Crippen LogP contribution in [-0.2, 0) is 16.6 Å². The van der Waals surface area contributed by atoms with Gasteiger partial charge in [0.1, 0.15) is 0 Å². The minimum atomic E-state index is -3.49. The number of rotatable bonds is 5. The van der Waals surface area contributed by atoms with E-state index in [1.165, 1.54) is 6.33 Å². The summed E-state index contributed by atoms with van der Waals surface area (Å²) < 4.78 is 28.6. The van der Waals surface area contributed by atoms with Crippen molar-refractivity contribution >= 4 is 10.0 Å². The van der Waals surface area contributed by atoms with Crippen LogP contribution in [0.2, 0.25) is 0 Å². The molecule has 0 bridgehead atoms. The lowest BCUT2D eigenvalue weighted by molar-refractivity contribution is 0.300. The molecular formula is C12H22N4O2S. The Morgan fingerprint density at radius 1 is 1.58 bits per heavy atom. The Morgan fingerprint density at radius 2 is 2.37 bits per heavy atom. The molecule has 1 aliphatic rings. The zero-order chi connectivity index (χ0) is 13.9. The molecule has 1 saturated heterocycles. The smallest absolute Gasteiger partial charge is 0.259 e. The molecule has 0 aromatic carbocycles. The summed E-state index contributed by atoms with van der Waals surface area (Å²) in [5.74, 6) is 0.490. The molecule has 2 N–H and O–H groups in total. The van der Waals surface area contributed by atoms with Gasteiger partial charge < -0.3 is 9.88 Å². The molecule has 1 aromatic rings. The van der Waals surface area contributed by atoms with Crippen molar-refractivity contribution in [2.45, 2.75) is 44.3 Å². The highest BCUT2D eigenvalue weighted by Gasteiger charge is 2.24. The first-order valence-corrected chi connectivity index (χ1v) is 8.26. The average molecular weight is 286 g/mol. The summed E-state index contributed by atoms with van der Waals surface area (Å²) in [5.41, 5.74) is 0. The fourth-order valence-electron chi connectivity index (χ4n) is 2.31. The van der Waals surface area contributed by atoms with Gasteiger partial charge in [-0.05, 0) is 32.2 Å². The van der Waals surface area contributed by atoms with Crippen molar-refractivity contribution < 1.29 is 8.42 Å². The third-order valence-electron chi connectivity index (χ3n) is 3.67. The first-order chi connectivity index (χ1) is 9.03. The Hall–Kier alpha value is -0.920. The fraction of sp³-hybridized carbons (Fsp3) is 0.750. The van der Waals surface area contributed by atoms with E-state index in [1.54, 1.807) is 10.8 Å². The van der Waals surface area contributed by atoms with Gasteiger partial charge >= 0.3 is 0 Å². The van der Waals surface area contributed by atoms with Crippen molar-refractivity contribution in [3.8, 4) is 0 Å². The van der Waals surface area contributed by atoms with E-state index in [9.17, 15) is 8.42 Å². The molecule has 6 nitrogen and oxygen atoms in total. The molecule has 0 saturated carbocycles. The number of imidazole rings is 1. The molecule has 0 amide bonds. The summed E-state index contributed by atoms with van der Waals surface area (Å²) in [5, 5.41) is 3.45. The Morgan fingerprint density at radius 3 is 3.00 bits per heavy atom. The summed E-state index contributed by atoms with van der Waals surface area (Å²) in [7, 11) is -3.49. The van der Waals surface area contributed by atoms with Gasteiger partial charge in [0.25, 0.3) is 10.0 Å².